The third kappa shape index (κ3) is 4.80. The Morgan fingerprint density at radius 1 is 1.22 bits per heavy atom. The van der Waals surface area contributed by atoms with Crippen LogP contribution < -0.4 is 14.8 Å². The zero-order valence-corrected chi connectivity index (χ0v) is 15.5. The number of ether oxygens (including phenoxy) is 2. The van der Waals surface area contributed by atoms with Crippen LogP contribution in [0.1, 0.15) is 19.3 Å². The minimum absolute atomic E-state index is 0.00720. The van der Waals surface area contributed by atoms with Crippen LogP contribution in [0.5, 0.6) is 11.5 Å². The number of amides is 1. The molecule has 1 fully saturated rings. The smallest absolute Gasteiger partial charge is 0.238 e. The summed E-state index contributed by atoms with van der Waals surface area (Å²) in [5, 5.41) is 2.99. The van der Waals surface area contributed by atoms with Gasteiger partial charge in [-0.05, 0) is 37.4 Å². The molecular weight excluding hydrogens is 344 g/mol. The van der Waals surface area contributed by atoms with Gasteiger partial charge in [-0.25, -0.2) is 4.98 Å². The summed E-state index contributed by atoms with van der Waals surface area (Å²) in [6.07, 6.45) is 8.84. The number of piperidine rings is 1. The minimum atomic E-state index is 0.00720. The Hall–Kier alpha value is -2.54. The number of likely N-dealkylation sites (tertiary alicyclic amines) is 1. The van der Waals surface area contributed by atoms with Gasteiger partial charge >= 0.3 is 0 Å². The molecule has 0 saturated carbocycles. The maximum Gasteiger partial charge on any atom is 0.238 e. The summed E-state index contributed by atoms with van der Waals surface area (Å²) in [4.78, 5) is 18.8. The van der Waals surface area contributed by atoms with Gasteiger partial charge in [-0.15, -0.1) is 0 Å². The monoisotopic (exact) mass is 370 g/mol. The molecule has 1 saturated heterocycles. The predicted molar refractivity (Wildman–Crippen MR) is 102 cm³/mol. The van der Waals surface area contributed by atoms with E-state index in [1.54, 1.807) is 0 Å². The summed E-state index contributed by atoms with van der Waals surface area (Å²) >= 11 is 0. The highest BCUT2D eigenvalue weighted by Gasteiger charge is 2.22. The summed E-state index contributed by atoms with van der Waals surface area (Å²) in [6.45, 7) is 4.57. The molecule has 3 heterocycles. The molecular formula is C20H26N4O3. The normalized spacial score (nSPS) is 20.1. The van der Waals surface area contributed by atoms with Crippen LogP contribution in [0.25, 0.3) is 0 Å². The van der Waals surface area contributed by atoms with Gasteiger partial charge in [0.05, 0.1) is 26.1 Å². The highest BCUT2D eigenvalue weighted by atomic mass is 16.5. The number of carbonyl (C=O) groups is 1. The van der Waals surface area contributed by atoms with E-state index in [2.05, 4.69) is 19.8 Å². The summed E-state index contributed by atoms with van der Waals surface area (Å²) in [5.41, 5.74) is 0.747. The van der Waals surface area contributed by atoms with Gasteiger partial charge in [0.1, 0.15) is 0 Å². The highest BCUT2D eigenvalue weighted by molar-refractivity contribution is 5.92. The Morgan fingerprint density at radius 2 is 2.11 bits per heavy atom. The lowest BCUT2D eigenvalue weighted by molar-refractivity contribution is -0.117. The van der Waals surface area contributed by atoms with Crippen LogP contribution in [0.4, 0.5) is 5.69 Å². The molecule has 2 aliphatic heterocycles. The lowest BCUT2D eigenvalue weighted by Gasteiger charge is -2.32. The maximum atomic E-state index is 12.5. The van der Waals surface area contributed by atoms with Crippen molar-refractivity contribution in [1.29, 1.82) is 0 Å². The molecule has 1 aromatic carbocycles. The highest BCUT2D eigenvalue weighted by Crippen LogP contribution is 2.32. The first-order chi connectivity index (χ1) is 13.3. The fourth-order valence-corrected chi connectivity index (χ4v) is 3.78. The number of carbonyl (C=O) groups excluding carboxylic acids is 1. The van der Waals surface area contributed by atoms with E-state index in [0.29, 0.717) is 31.4 Å². The molecule has 1 N–H and O–H groups in total. The number of nitrogens with one attached hydrogen (secondary N) is 1. The van der Waals surface area contributed by atoms with Gasteiger partial charge in [-0.2, -0.15) is 0 Å². The lowest BCUT2D eigenvalue weighted by atomic mass is 9.98. The maximum absolute atomic E-state index is 12.5. The number of benzene rings is 1. The van der Waals surface area contributed by atoms with E-state index in [4.69, 9.17) is 9.47 Å². The van der Waals surface area contributed by atoms with Gasteiger partial charge in [0.25, 0.3) is 0 Å². The first-order valence-electron chi connectivity index (χ1n) is 9.64. The Bertz CT molecular complexity index is 763. The van der Waals surface area contributed by atoms with E-state index in [9.17, 15) is 4.79 Å². The van der Waals surface area contributed by atoms with Crippen LogP contribution in [0.15, 0.2) is 36.9 Å². The summed E-state index contributed by atoms with van der Waals surface area (Å²) in [5.74, 6) is 2.00. The number of hydrogen-bond donors (Lipinski definition) is 1. The van der Waals surface area contributed by atoms with Crippen LogP contribution in [-0.4, -0.2) is 53.2 Å². The average Bonchev–Trinajstić information content (AvgIpc) is 3.05. The molecule has 1 amide bonds. The molecule has 1 atom stereocenters. The van der Waals surface area contributed by atoms with Crippen molar-refractivity contribution < 1.29 is 14.3 Å². The van der Waals surface area contributed by atoms with Crippen molar-refractivity contribution in [2.75, 3.05) is 38.2 Å². The molecule has 7 heteroatoms. The van der Waals surface area contributed by atoms with Crippen molar-refractivity contribution in [3.63, 3.8) is 0 Å². The number of aromatic nitrogens is 2. The molecule has 4 rings (SSSR count). The predicted octanol–water partition coefficient (Wildman–Crippen LogP) is 2.40. The van der Waals surface area contributed by atoms with Crippen molar-refractivity contribution in [3.8, 4) is 11.5 Å². The van der Waals surface area contributed by atoms with E-state index < -0.39 is 0 Å². The van der Waals surface area contributed by atoms with E-state index in [1.807, 2.05) is 36.9 Å². The number of hydrogen-bond acceptors (Lipinski definition) is 5. The standard InChI is InChI=1S/C20H26N4O3/c25-20(22-17-4-5-18-19(11-17)27-10-2-9-26-18)14-23-7-1-3-16(12-23)13-24-8-6-21-15-24/h4-6,8,11,15-16H,1-3,7,9-10,12-14H2,(H,22,25)/t16-/m0/s1. The van der Waals surface area contributed by atoms with Gasteiger partial charge in [-0.3, -0.25) is 9.69 Å². The van der Waals surface area contributed by atoms with Crippen LogP contribution in [-0.2, 0) is 11.3 Å². The third-order valence-electron chi connectivity index (χ3n) is 5.03. The van der Waals surface area contributed by atoms with E-state index in [0.717, 1.165) is 43.9 Å². The fraction of sp³-hybridized carbons (Fsp3) is 0.500. The molecule has 0 radical (unpaired) electrons. The largest absolute Gasteiger partial charge is 0.490 e. The van der Waals surface area contributed by atoms with E-state index >= 15 is 0 Å². The fourth-order valence-electron chi connectivity index (χ4n) is 3.78. The SMILES string of the molecule is O=C(CN1CCC[C@H](Cn2ccnc2)C1)Nc1ccc2c(c1)OCCCO2. The minimum Gasteiger partial charge on any atom is -0.490 e. The average molecular weight is 370 g/mol. The summed E-state index contributed by atoms with van der Waals surface area (Å²) < 4.78 is 13.4. The third-order valence-corrected chi connectivity index (χ3v) is 5.03. The number of nitrogens with zero attached hydrogens (tertiary/aromatic N) is 3. The summed E-state index contributed by atoms with van der Waals surface area (Å²) in [7, 11) is 0. The van der Waals surface area contributed by atoms with Crippen molar-refractivity contribution in [3.05, 3.63) is 36.9 Å². The second-order valence-corrected chi connectivity index (χ2v) is 7.26. The van der Waals surface area contributed by atoms with Gasteiger partial charge in [0, 0.05) is 43.7 Å². The van der Waals surface area contributed by atoms with E-state index in [-0.39, 0.29) is 5.91 Å². The first-order valence-corrected chi connectivity index (χ1v) is 9.64. The van der Waals surface area contributed by atoms with Crippen molar-refractivity contribution in [2.24, 2.45) is 5.92 Å². The molecule has 144 valence electrons. The number of fused-ring (bicyclic) bond motifs is 1. The molecule has 0 spiro atoms. The topological polar surface area (TPSA) is 68.6 Å². The molecule has 0 unspecified atom stereocenters. The number of anilines is 1. The molecule has 2 aromatic rings. The van der Waals surface area contributed by atoms with Crippen LogP contribution in [0.2, 0.25) is 0 Å². The van der Waals surface area contributed by atoms with Crippen molar-refractivity contribution in [2.45, 2.75) is 25.8 Å². The second-order valence-electron chi connectivity index (χ2n) is 7.26. The van der Waals surface area contributed by atoms with Gasteiger partial charge in [-0.1, -0.05) is 0 Å². The number of imidazole rings is 1. The Morgan fingerprint density at radius 3 is 2.96 bits per heavy atom. The second kappa shape index (κ2) is 8.43. The summed E-state index contributed by atoms with van der Waals surface area (Å²) in [6, 6.07) is 5.57. The van der Waals surface area contributed by atoms with Crippen LogP contribution in [0.3, 0.4) is 0 Å². The van der Waals surface area contributed by atoms with Crippen molar-refractivity contribution >= 4 is 11.6 Å². The Balaban J connectivity index is 1.30. The van der Waals surface area contributed by atoms with Crippen LogP contribution >= 0.6 is 0 Å². The molecule has 2 aliphatic rings. The lowest BCUT2D eigenvalue weighted by Crippen LogP contribution is -2.41. The van der Waals surface area contributed by atoms with Crippen LogP contribution in [0, 0.1) is 5.92 Å². The molecule has 7 nitrogen and oxygen atoms in total. The quantitative estimate of drug-likeness (QED) is 0.875. The molecule has 1 aromatic heterocycles. The molecule has 0 aliphatic carbocycles. The zero-order chi connectivity index (χ0) is 18.5. The van der Waals surface area contributed by atoms with Gasteiger partial charge in [0.15, 0.2) is 11.5 Å². The van der Waals surface area contributed by atoms with Crippen molar-refractivity contribution in [1.82, 2.24) is 14.5 Å². The number of rotatable bonds is 5. The Kier molecular flexibility index (Phi) is 5.58. The van der Waals surface area contributed by atoms with Gasteiger partial charge in [0.2, 0.25) is 5.91 Å². The Labute approximate surface area is 159 Å². The van der Waals surface area contributed by atoms with Gasteiger partial charge < -0.3 is 19.4 Å². The molecule has 0 bridgehead atoms. The first kappa shape index (κ1) is 17.9. The van der Waals surface area contributed by atoms with E-state index in [1.165, 1.54) is 6.42 Å². The molecule has 27 heavy (non-hydrogen) atoms. The zero-order valence-electron chi connectivity index (χ0n) is 15.5.